The first-order valence-corrected chi connectivity index (χ1v) is 5.51. The minimum absolute atomic E-state index is 0.0248. The average molecular weight is 236 g/mol. The highest BCUT2D eigenvalue weighted by Crippen LogP contribution is 2.24. The molecule has 17 heavy (non-hydrogen) atoms. The van der Waals surface area contributed by atoms with Crippen LogP contribution in [-0.2, 0) is 16.0 Å². The van der Waals surface area contributed by atoms with Gasteiger partial charge in [0.1, 0.15) is 12.2 Å². The number of hydrogen-bond acceptors (Lipinski definition) is 4. The summed E-state index contributed by atoms with van der Waals surface area (Å²) in [5.41, 5.74) is 0.907. The summed E-state index contributed by atoms with van der Waals surface area (Å²) in [5, 5.41) is 9.90. The first kappa shape index (κ1) is 13.2. The van der Waals surface area contributed by atoms with Gasteiger partial charge < -0.3 is 9.84 Å². The van der Waals surface area contributed by atoms with Gasteiger partial charge in [-0.2, -0.15) is 0 Å². The maximum Gasteiger partial charge on any atom is 0.313 e. The van der Waals surface area contributed by atoms with E-state index in [4.69, 9.17) is 0 Å². The van der Waals surface area contributed by atoms with Crippen LogP contribution >= 0.6 is 0 Å². The van der Waals surface area contributed by atoms with E-state index in [0.29, 0.717) is 6.42 Å². The Kier molecular flexibility index (Phi) is 4.69. The van der Waals surface area contributed by atoms with Gasteiger partial charge in [-0.3, -0.25) is 9.59 Å². The molecule has 4 nitrogen and oxygen atoms in total. The monoisotopic (exact) mass is 236 g/mol. The van der Waals surface area contributed by atoms with Gasteiger partial charge in [0.05, 0.1) is 12.7 Å². The van der Waals surface area contributed by atoms with Crippen molar-refractivity contribution in [1.82, 2.24) is 0 Å². The molecule has 0 heterocycles. The maximum atomic E-state index is 11.7. The van der Waals surface area contributed by atoms with Gasteiger partial charge in [-0.05, 0) is 18.1 Å². The first-order valence-electron chi connectivity index (χ1n) is 5.51. The van der Waals surface area contributed by atoms with Crippen molar-refractivity contribution in [2.45, 2.75) is 26.2 Å². The number of ether oxygens (including phenoxy) is 1. The molecule has 0 spiro atoms. The van der Waals surface area contributed by atoms with Gasteiger partial charge in [0, 0.05) is 0 Å². The Hall–Kier alpha value is -1.84. The second-order valence-electron chi connectivity index (χ2n) is 3.74. The number of carbonyl (C=O) groups excluding carboxylic acids is 2. The maximum absolute atomic E-state index is 11.7. The summed E-state index contributed by atoms with van der Waals surface area (Å²) in [7, 11) is 1.23. The Morgan fingerprint density at radius 2 is 2.06 bits per heavy atom. The summed E-state index contributed by atoms with van der Waals surface area (Å²) in [6, 6.07) is 4.99. The lowest BCUT2D eigenvalue weighted by Crippen LogP contribution is -2.10. The highest BCUT2D eigenvalue weighted by atomic mass is 16.5. The summed E-state index contributed by atoms with van der Waals surface area (Å²) in [6.45, 7) is 1.99. The van der Waals surface area contributed by atoms with E-state index < -0.39 is 11.8 Å². The summed E-state index contributed by atoms with van der Waals surface area (Å²) in [6.07, 6.45) is 1.23. The molecule has 0 atom stereocenters. The SMILES string of the molecule is CCCc1cccc(C(=O)CC(=O)OC)c1O. The number of methoxy groups -OCH3 is 1. The van der Waals surface area contributed by atoms with Crippen molar-refractivity contribution >= 4 is 11.8 Å². The molecule has 1 aromatic carbocycles. The number of hydrogen-bond donors (Lipinski definition) is 1. The van der Waals surface area contributed by atoms with E-state index in [1.807, 2.05) is 6.92 Å². The number of phenolic OH excluding ortho intramolecular Hbond substituents is 1. The van der Waals surface area contributed by atoms with Crippen LogP contribution in [-0.4, -0.2) is 24.0 Å². The van der Waals surface area contributed by atoms with Gasteiger partial charge in [0.15, 0.2) is 5.78 Å². The molecule has 0 saturated carbocycles. The van der Waals surface area contributed by atoms with Gasteiger partial charge in [0.2, 0.25) is 0 Å². The van der Waals surface area contributed by atoms with E-state index in [1.54, 1.807) is 12.1 Å². The molecule has 0 fully saturated rings. The molecule has 0 bridgehead atoms. The molecule has 0 aliphatic heterocycles. The minimum Gasteiger partial charge on any atom is -0.507 e. The van der Waals surface area contributed by atoms with Crippen LogP contribution in [0.4, 0.5) is 0 Å². The van der Waals surface area contributed by atoms with Crippen molar-refractivity contribution in [3.05, 3.63) is 29.3 Å². The fourth-order valence-electron chi connectivity index (χ4n) is 1.59. The summed E-state index contributed by atoms with van der Waals surface area (Å²) in [4.78, 5) is 22.7. The summed E-state index contributed by atoms with van der Waals surface area (Å²) >= 11 is 0. The minimum atomic E-state index is -0.602. The third-order valence-corrected chi connectivity index (χ3v) is 2.47. The number of benzene rings is 1. The quantitative estimate of drug-likeness (QED) is 0.483. The zero-order chi connectivity index (χ0) is 12.8. The zero-order valence-electron chi connectivity index (χ0n) is 10.0. The highest BCUT2D eigenvalue weighted by molar-refractivity contribution is 6.07. The van der Waals surface area contributed by atoms with E-state index in [9.17, 15) is 14.7 Å². The fourth-order valence-corrected chi connectivity index (χ4v) is 1.59. The van der Waals surface area contributed by atoms with Crippen LogP contribution in [0, 0.1) is 0 Å². The molecule has 4 heteroatoms. The number of Topliss-reactive ketones (excluding diaryl/α,β-unsaturated/α-hetero) is 1. The molecule has 0 radical (unpaired) electrons. The second kappa shape index (κ2) is 6.03. The number of ketones is 1. The van der Waals surface area contributed by atoms with Crippen molar-refractivity contribution in [3.8, 4) is 5.75 Å². The molecule has 0 aliphatic carbocycles. The average Bonchev–Trinajstić information content (AvgIpc) is 2.31. The van der Waals surface area contributed by atoms with E-state index in [1.165, 1.54) is 13.2 Å². The van der Waals surface area contributed by atoms with E-state index in [2.05, 4.69) is 4.74 Å². The molecule has 0 amide bonds. The fraction of sp³-hybridized carbons (Fsp3) is 0.385. The van der Waals surface area contributed by atoms with E-state index in [0.717, 1.165) is 12.0 Å². The van der Waals surface area contributed by atoms with Crippen LogP contribution in [0.2, 0.25) is 0 Å². The number of carbonyl (C=O) groups is 2. The Bertz CT molecular complexity index is 423. The summed E-state index contributed by atoms with van der Waals surface area (Å²) < 4.78 is 4.42. The van der Waals surface area contributed by atoms with Crippen LogP contribution in [0.1, 0.15) is 35.7 Å². The molecule has 0 saturated heterocycles. The first-order chi connectivity index (χ1) is 8.10. The van der Waals surface area contributed by atoms with E-state index in [-0.39, 0.29) is 17.7 Å². The number of esters is 1. The molecule has 0 unspecified atom stereocenters. The van der Waals surface area contributed by atoms with Crippen molar-refractivity contribution < 1.29 is 19.4 Å². The smallest absolute Gasteiger partial charge is 0.313 e. The molecular formula is C13H16O4. The molecule has 0 aliphatic rings. The van der Waals surface area contributed by atoms with Gasteiger partial charge in [0.25, 0.3) is 0 Å². The van der Waals surface area contributed by atoms with Crippen LogP contribution in [0.15, 0.2) is 18.2 Å². The van der Waals surface area contributed by atoms with Crippen molar-refractivity contribution in [2.75, 3.05) is 7.11 Å². The Labute approximate surface area is 100 Å². The topological polar surface area (TPSA) is 63.6 Å². The van der Waals surface area contributed by atoms with Crippen LogP contribution in [0.25, 0.3) is 0 Å². The van der Waals surface area contributed by atoms with Gasteiger partial charge in [-0.25, -0.2) is 0 Å². The largest absolute Gasteiger partial charge is 0.507 e. The predicted octanol–water partition coefficient (Wildman–Crippen LogP) is 2.09. The molecule has 1 rings (SSSR count). The molecule has 92 valence electrons. The summed E-state index contributed by atoms with van der Waals surface area (Å²) in [5.74, 6) is -1.05. The van der Waals surface area contributed by atoms with Crippen LogP contribution in [0.5, 0.6) is 5.75 Å². The number of aryl methyl sites for hydroxylation is 1. The van der Waals surface area contributed by atoms with Crippen molar-refractivity contribution in [3.63, 3.8) is 0 Å². The third kappa shape index (κ3) is 3.31. The Morgan fingerprint density at radius 1 is 1.35 bits per heavy atom. The third-order valence-electron chi connectivity index (χ3n) is 2.47. The number of para-hydroxylation sites is 1. The normalized spacial score (nSPS) is 10.0. The van der Waals surface area contributed by atoms with Crippen LogP contribution < -0.4 is 0 Å². The number of phenols is 1. The van der Waals surface area contributed by atoms with Gasteiger partial charge in [-0.15, -0.1) is 0 Å². The second-order valence-corrected chi connectivity index (χ2v) is 3.74. The predicted molar refractivity (Wildman–Crippen MR) is 63.1 cm³/mol. The number of aromatic hydroxyl groups is 1. The van der Waals surface area contributed by atoms with Gasteiger partial charge in [-0.1, -0.05) is 25.5 Å². The molecule has 1 aromatic rings. The zero-order valence-corrected chi connectivity index (χ0v) is 10.0. The molecule has 1 N–H and O–H groups in total. The Morgan fingerprint density at radius 3 is 2.65 bits per heavy atom. The lowest BCUT2D eigenvalue weighted by atomic mass is 10.0. The highest BCUT2D eigenvalue weighted by Gasteiger charge is 2.17. The Balaban J connectivity index is 2.94. The number of rotatable bonds is 5. The van der Waals surface area contributed by atoms with Crippen LogP contribution in [0.3, 0.4) is 0 Å². The van der Waals surface area contributed by atoms with Gasteiger partial charge >= 0.3 is 5.97 Å². The van der Waals surface area contributed by atoms with E-state index >= 15 is 0 Å². The lowest BCUT2D eigenvalue weighted by molar-refractivity contribution is -0.139. The molecule has 0 aromatic heterocycles. The lowest BCUT2D eigenvalue weighted by Gasteiger charge is -2.07. The van der Waals surface area contributed by atoms with Crippen molar-refractivity contribution in [1.29, 1.82) is 0 Å². The van der Waals surface area contributed by atoms with Crippen molar-refractivity contribution in [2.24, 2.45) is 0 Å². The molecular weight excluding hydrogens is 220 g/mol. The standard InChI is InChI=1S/C13H16O4/c1-3-5-9-6-4-7-10(13(9)16)11(14)8-12(15)17-2/h4,6-7,16H,3,5,8H2,1-2H3.